The fourth-order valence-corrected chi connectivity index (χ4v) is 11.5. The van der Waals surface area contributed by atoms with Crippen molar-refractivity contribution < 1.29 is 4.42 Å². The Morgan fingerprint density at radius 2 is 1.06 bits per heavy atom. The molecular weight excluding hydrogens is 812 g/mol. The highest BCUT2D eigenvalue weighted by Gasteiger charge is 2.48. The highest BCUT2D eigenvalue weighted by atomic mass is 16.3. The summed E-state index contributed by atoms with van der Waals surface area (Å²) in [5.74, 6) is 0. The van der Waals surface area contributed by atoms with Gasteiger partial charge in [-0.25, -0.2) is 0 Å². The highest BCUT2D eigenvalue weighted by Crippen LogP contribution is 2.53. The lowest BCUT2D eigenvalue weighted by atomic mass is 9.35. The number of benzene rings is 8. The molecule has 8 aromatic carbocycles. The second-order valence-corrected chi connectivity index (χ2v) is 21.7. The molecule has 1 aromatic heterocycles. The zero-order valence-corrected chi connectivity index (χ0v) is 40.0. The van der Waals surface area contributed by atoms with Gasteiger partial charge in [0.25, 0.3) is 6.71 Å². The largest absolute Gasteiger partial charge is 0.468 e. The maximum Gasteiger partial charge on any atom is 0.297 e. The van der Waals surface area contributed by atoms with Crippen molar-refractivity contribution in [2.75, 3.05) is 9.80 Å². The lowest BCUT2D eigenvalue weighted by molar-refractivity contribution is 0.332. The molecule has 0 saturated heterocycles. The predicted octanol–water partition coefficient (Wildman–Crippen LogP) is 15.5. The summed E-state index contributed by atoms with van der Waals surface area (Å²) in [7, 11) is 0. The normalized spacial score (nSPS) is 15.5. The standard InChI is InChI=1S/C63H57BN2O/c1-40-34-55-58-56(35-40)66(54-36-45(42-20-14-10-15-21-42)26-30-48(54)44-22-16-11-17-23-44)59-49-38-50-51(63(7,8)33-32-62(50,5)6)39-57(49)67-60(59)64(58)52-37-46(61(2,3)4)27-31-53(52)65(55)47-28-24-43(25-29-47)41-18-12-9-13-19-41/h9-31,34-39H,32-33H2,1-8H3. The van der Waals surface area contributed by atoms with E-state index in [1.54, 1.807) is 0 Å². The number of aryl methyl sites for hydroxylation is 1. The Kier molecular flexibility index (Phi) is 9.26. The van der Waals surface area contributed by atoms with Gasteiger partial charge in [0.05, 0.1) is 17.0 Å². The summed E-state index contributed by atoms with van der Waals surface area (Å²) in [4.78, 5) is 5.12. The monoisotopic (exact) mass is 868 g/mol. The highest BCUT2D eigenvalue weighted by molar-refractivity contribution is 7.00. The molecule has 0 bridgehead atoms. The molecule has 0 saturated carbocycles. The molecular formula is C63H57BN2O. The molecule has 4 heteroatoms. The number of hydrogen-bond acceptors (Lipinski definition) is 3. The molecule has 2 aliphatic heterocycles. The van der Waals surface area contributed by atoms with Gasteiger partial charge < -0.3 is 14.2 Å². The van der Waals surface area contributed by atoms with Gasteiger partial charge in [0.15, 0.2) is 0 Å². The van der Waals surface area contributed by atoms with Crippen molar-refractivity contribution in [1.29, 1.82) is 0 Å². The molecule has 0 spiro atoms. The Morgan fingerprint density at radius 1 is 0.507 bits per heavy atom. The van der Waals surface area contributed by atoms with Gasteiger partial charge in [-0.05, 0) is 146 Å². The first-order chi connectivity index (χ1) is 32.2. The van der Waals surface area contributed by atoms with Crippen LogP contribution in [0.1, 0.15) is 83.6 Å². The fraction of sp³-hybridized carbons (Fsp3) is 0.206. The van der Waals surface area contributed by atoms with E-state index in [4.69, 9.17) is 4.42 Å². The number of nitrogens with zero attached hydrogens (tertiary/aromatic N) is 2. The smallest absolute Gasteiger partial charge is 0.297 e. The number of rotatable bonds is 5. The Labute approximate surface area is 396 Å². The van der Waals surface area contributed by atoms with E-state index in [-0.39, 0.29) is 23.0 Å². The minimum atomic E-state index is -0.156. The molecule has 3 aliphatic rings. The molecule has 67 heavy (non-hydrogen) atoms. The second-order valence-electron chi connectivity index (χ2n) is 21.7. The molecule has 9 aromatic rings. The van der Waals surface area contributed by atoms with Gasteiger partial charge in [0.2, 0.25) is 0 Å². The van der Waals surface area contributed by atoms with Crippen LogP contribution in [0.4, 0.5) is 34.1 Å². The second kappa shape index (κ2) is 15.0. The van der Waals surface area contributed by atoms with Crippen molar-refractivity contribution in [3.63, 3.8) is 0 Å². The van der Waals surface area contributed by atoms with E-state index < -0.39 is 0 Å². The lowest BCUT2D eigenvalue weighted by Crippen LogP contribution is -2.61. The summed E-state index contributed by atoms with van der Waals surface area (Å²) < 4.78 is 7.64. The van der Waals surface area contributed by atoms with Crippen molar-refractivity contribution in [3.05, 3.63) is 198 Å². The first-order valence-corrected chi connectivity index (χ1v) is 24.2. The van der Waals surface area contributed by atoms with Crippen molar-refractivity contribution in [3.8, 4) is 33.4 Å². The minimum Gasteiger partial charge on any atom is -0.468 e. The zero-order chi connectivity index (χ0) is 46.0. The number of anilines is 6. The third-order valence-electron chi connectivity index (χ3n) is 15.3. The molecule has 0 unspecified atom stereocenters. The molecule has 0 atom stereocenters. The molecule has 0 radical (unpaired) electrons. The zero-order valence-electron chi connectivity index (χ0n) is 40.0. The van der Waals surface area contributed by atoms with Crippen molar-refractivity contribution in [2.24, 2.45) is 0 Å². The van der Waals surface area contributed by atoms with E-state index in [9.17, 15) is 0 Å². The van der Waals surface area contributed by atoms with Gasteiger partial charge in [0, 0.05) is 33.7 Å². The quantitative estimate of drug-likeness (QED) is 0.161. The van der Waals surface area contributed by atoms with Crippen LogP contribution in [0.3, 0.4) is 0 Å². The van der Waals surface area contributed by atoms with E-state index in [1.807, 2.05) is 0 Å². The molecule has 1 aliphatic carbocycles. The van der Waals surface area contributed by atoms with Crippen molar-refractivity contribution in [1.82, 2.24) is 0 Å². The van der Waals surface area contributed by atoms with Crippen LogP contribution < -0.4 is 26.4 Å². The molecule has 3 heterocycles. The van der Waals surface area contributed by atoms with E-state index >= 15 is 0 Å². The fourth-order valence-electron chi connectivity index (χ4n) is 11.5. The Hall–Kier alpha value is -7.04. The van der Waals surface area contributed by atoms with Gasteiger partial charge in [0.1, 0.15) is 5.58 Å². The molecule has 3 nitrogen and oxygen atoms in total. The topological polar surface area (TPSA) is 19.6 Å². The summed E-state index contributed by atoms with van der Waals surface area (Å²) in [6.45, 7) is 18.8. The van der Waals surface area contributed by atoms with Gasteiger partial charge in [-0.3, -0.25) is 0 Å². The van der Waals surface area contributed by atoms with Crippen LogP contribution in [0.25, 0.3) is 44.3 Å². The molecule has 328 valence electrons. The van der Waals surface area contributed by atoms with Gasteiger partial charge in [-0.2, -0.15) is 0 Å². The van der Waals surface area contributed by atoms with Crippen molar-refractivity contribution >= 4 is 68.4 Å². The Bertz CT molecular complexity index is 3390. The predicted molar refractivity (Wildman–Crippen MR) is 285 cm³/mol. The minimum absolute atomic E-state index is 0.0163. The van der Waals surface area contributed by atoms with Crippen LogP contribution in [0, 0.1) is 6.92 Å². The Morgan fingerprint density at radius 3 is 1.69 bits per heavy atom. The summed E-state index contributed by atoms with van der Waals surface area (Å²) in [6.07, 6.45) is 2.28. The number of furan rings is 1. The summed E-state index contributed by atoms with van der Waals surface area (Å²) in [6, 6.07) is 65.7. The van der Waals surface area contributed by atoms with E-state index in [0.717, 1.165) is 41.1 Å². The molecule has 0 N–H and O–H groups in total. The average Bonchev–Trinajstić information content (AvgIpc) is 3.71. The first-order valence-electron chi connectivity index (χ1n) is 24.2. The third-order valence-corrected chi connectivity index (χ3v) is 15.3. The molecule has 12 rings (SSSR count). The van der Waals surface area contributed by atoms with E-state index in [2.05, 4.69) is 241 Å². The SMILES string of the molecule is Cc1cc2c3c(c1)N(c1cc(-c4ccccc4)ccc1-c1ccccc1)c1c(oc4cc5c(cc14)C(C)(C)CCC5(C)C)B3c1cc(C(C)(C)C)ccc1N2c1ccc(-c2ccccc2)cc1. The maximum absolute atomic E-state index is 7.64. The number of fused-ring (bicyclic) bond motifs is 7. The molecule has 0 fully saturated rings. The van der Waals surface area contributed by atoms with Gasteiger partial charge in [-0.15, -0.1) is 0 Å². The van der Waals surface area contributed by atoms with Crippen LogP contribution in [0.5, 0.6) is 0 Å². The van der Waals surface area contributed by atoms with Crippen molar-refractivity contribution in [2.45, 2.75) is 84.5 Å². The maximum atomic E-state index is 7.64. The van der Waals surface area contributed by atoms with E-state index in [1.165, 1.54) is 89.0 Å². The van der Waals surface area contributed by atoms with Crippen LogP contribution >= 0.6 is 0 Å². The third kappa shape index (κ3) is 6.62. The molecule has 0 amide bonds. The van der Waals surface area contributed by atoms with Crippen LogP contribution in [0.2, 0.25) is 0 Å². The Balaban J connectivity index is 1.20. The lowest BCUT2D eigenvalue weighted by Gasteiger charge is -2.43. The summed E-state index contributed by atoms with van der Waals surface area (Å²) in [5, 5.41) is 1.17. The van der Waals surface area contributed by atoms with Gasteiger partial charge >= 0.3 is 0 Å². The number of hydrogen-bond donors (Lipinski definition) is 0. The average molecular weight is 869 g/mol. The van der Waals surface area contributed by atoms with Gasteiger partial charge in [-0.1, -0.05) is 176 Å². The summed E-state index contributed by atoms with van der Waals surface area (Å²) in [5.41, 5.74) is 23.9. The van der Waals surface area contributed by atoms with Crippen LogP contribution in [0.15, 0.2) is 180 Å². The van der Waals surface area contributed by atoms with Crippen LogP contribution in [-0.4, -0.2) is 6.71 Å². The van der Waals surface area contributed by atoms with Crippen LogP contribution in [-0.2, 0) is 16.2 Å². The summed E-state index contributed by atoms with van der Waals surface area (Å²) >= 11 is 0. The first kappa shape index (κ1) is 41.4. The van der Waals surface area contributed by atoms with E-state index in [0.29, 0.717) is 0 Å².